The van der Waals surface area contributed by atoms with Crippen molar-refractivity contribution in [2.24, 2.45) is 4.99 Å². The summed E-state index contributed by atoms with van der Waals surface area (Å²) in [5, 5.41) is 3.39. The molecule has 2 heterocycles. The van der Waals surface area contributed by atoms with E-state index >= 15 is 0 Å². The molecular formula is C20H30N4O2. The van der Waals surface area contributed by atoms with E-state index in [1.807, 2.05) is 11.0 Å². The zero-order valence-corrected chi connectivity index (χ0v) is 15.7. The molecule has 6 nitrogen and oxygen atoms in total. The summed E-state index contributed by atoms with van der Waals surface area (Å²) in [6.07, 6.45) is 2.58. The highest BCUT2D eigenvalue weighted by molar-refractivity contribution is 5.82. The summed E-state index contributed by atoms with van der Waals surface area (Å²) >= 11 is 0. The number of ether oxygens (including phenoxy) is 1. The maximum Gasteiger partial charge on any atom is 0.251 e. The molecule has 2 fully saturated rings. The molecule has 26 heavy (non-hydrogen) atoms. The number of hydrogen-bond donors (Lipinski definition) is 1. The maximum absolute atomic E-state index is 12.5. The number of hydrogen-bond acceptors (Lipinski definition) is 3. The molecule has 2 aliphatic rings. The van der Waals surface area contributed by atoms with Crippen LogP contribution in [0.3, 0.4) is 0 Å². The molecule has 0 saturated carbocycles. The average molecular weight is 358 g/mol. The van der Waals surface area contributed by atoms with E-state index in [1.54, 1.807) is 0 Å². The predicted molar refractivity (Wildman–Crippen MR) is 103 cm³/mol. The highest BCUT2D eigenvalue weighted by Gasteiger charge is 2.30. The molecule has 0 spiro atoms. The lowest BCUT2D eigenvalue weighted by Gasteiger charge is -2.37. The predicted octanol–water partition coefficient (Wildman–Crippen LogP) is 1.52. The second-order valence-electron chi connectivity index (χ2n) is 6.79. The Hall–Kier alpha value is -2.08. The Morgan fingerprint density at radius 3 is 2.58 bits per heavy atom. The van der Waals surface area contributed by atoms with Gasteiger partial charge >= 0.3 is 0 Å². The first-order chi connectivity index (χ1) is 12.8. The Labute approximate surface area is 156 Å². The van der Waals surface area contributed by atoms with Gasteiger partial charge in [-0.1, -0.05) is 30.3 Å². The van der Waals surface area contributed by atoms with Crippen molar-refractivity contribution >= 4 is 11.9 Å². The number of nitrogens with zero attached hydrogens (tertiary/aromatic N) is 3. The highest BCUT2D eigenvalue weighted by atomic mass is 16.5. The van der Waals surface area contributed by atoms with Gasteiger partial charge in [-0.15, -0.1) is 0 Å². The lowest BCUT2D eigenvalue weighted by molar-refractivity contribution is -0.142. The van der Waals surface area contributed by atoms with Gasteiger partial charge in [0.25, 0.3) is 5.91 Å². The Morgan fingerprint density at radius 2 is 1.92 bits per heavy atom. The number of piperazine rings is 1. The first-order valence-electron chi connectivity index (χ1n) is 9.75. The first-order valence-corrected chi connectivity index (χ1v) is 9.75. The fourth-order valence-electron chi connectivity index (χ4n) is 3.48. The Kier molecular flexibility index (Phi) is 6.89. The zero-order valence-electron chi connectivity index (χ0n) is 15.7. The minimum Gasteiger partial charge on any atom is -0.368 e. The Morgan fingerprint density at radius 1 is 1.19 bits per heavy atom. The number of carbonyl (C=O) groups is 1. The van der Waals surface area contributed by atoms with Crippen molar-refractivity contribution < 1.29 is 9.53 Å². The molecule has 0 bridgehead atoms. The lowest BCUT2D eigenvalue weighted by atomic mass is 10.2. The van der Waals surface area contributed by atoms with Crippen LogP contribution in [0.2, 0.25) is 0 Å². The quantitative estimate of drug-likeness (QED) is 0.640. The maximum atomic E-state index is 12.5. The van der Waals surface area contributed by atoms with Crippen molar-refractivity contribution in [1.29, 1.82) is 0 Å². The first kappa shape index (κ1) is 18.7. The number of benzene rings is 1. The van der Waals surface area contributed by atoms with Crippen molar-refractivity contribution in [2.75, 3.05) is 45.9 Å². The van der Waals surface area contributed by atoms with Gasteiger partial charge in [-0.05, 0) is 31.7 Å². The fourth-order valence-corrected chi connectivity index (χ4v) is 3.48. The third kappa shape index (κ3) is 4.97. The molecule has 1 N–H and O–H groups in total. The zero-order chi connectivity index (χ0) is 18.2. The normalized spacial score (nSPS) is 21.1. The van der Waals surface area contributed by atoms with Crippen LogP contribution >= 0.6 is 0 Å². The number of carbonyl (C=O) groups excluding carboxylic acids is 1. The molecule has 1 unspecified atom stereocenters. The third-order valence-electron chi connectivity index (χ3n) is 4.94. The summed E-state index contributed by atoms with van der Waals surface area (Å²) < 4.78 is 5.54. The minimum absolute atomic E-state index is 0.160. The van der Waals surface area contributed by atoms with Gasteiger partial charge in [0.05, 0.1) is 0 Å². The average Bonchev–Trinajstić information content (AvgIpc) is 3.23. The molecule has 0 radical (unpaired) electrons. The van der Waals surface area contributed by atoms with Gasteiger partial charge in [0.1, 0.15) is 6.10 Å². The van der Waals surface area contributed by atoms with Crippen LogP contribution < -0.4 is 5.32 Å². The van der Waals surface area contributed by atoms with Crippen LogP contribution in [0.5, 0.6) is 0 Å². The molecule has 3 rings (SSSR count). The molecule has 1 amide bonds. The molecule has 2 saturated heterocycles. The molecule has 1 aromatic carbocycles. The van der Waals surface area contributed by atoms with Crippen molar-refractivity contribution in [1.82, 2.24) is 15.1 Å². The van der Waals surface area contributed by atoms with E-state index in [9.17, 15) is 4.79 Å². The minimum atomic E-state index is -0.214. The third-order valence-corrected chi connectivity index (χ3v) is 4.94. The number of nitrogens with one attached hydrogen (secondary N) is 1. The monoisotopic (exact) mass is 358 g/mol. The van der Waals surface area contributed by atoms with Crippen LogP contribution in [0.25, 0.3) is 0 Å². The number of aliphatic imine (C=N–C) groups is 1. The molecule has 2 aliphatic heterocycles. The van der Waals surface area contributed by atoms with E-state index in [2.05, 4.69) is 41.4 Å². The van der Waals surface area contributed by atoms with Crippen LogP contribution in [-0.4, -0.2) is 73.6 Å². The molecule has 0 aliphatic carbocycles. The summed E-state index contributed by atoms with van der Waals surface area (Å²) in [5.41, 5.74) is 1.30. The molecule has 142 valence electrons. The van der Waals surface area contributed by atoms with E-state index in [1.165, 1.54) is 5.56 Å². The van der Waals surface area contributed by atoms with Crippen molar-refractivity contribution in [2.45, 2.75) is 32.3 Å². The summed E-state index contributed by atoms with van der Waals surface area (Å²) in [7, 11) is 0. The van der Waals surface area contributed by atoms with Crippen LogP contribution in [0.15, 0.2) is 35.3 Å². The van der Waals surface area contributed by atoms with Gasteiger partial charge in [0.2, 0.25) is 0 Å². The number of amides is 1. The fraction of sp³-hybridized carbons (Fsp3) is 0.600. The lowest BCUT2D eigenvalue weighted by Crippen LogP contribution is -2.55. The Bertz CT molecular complexity index is 591. The van der Waals surface area contributed by atoms with Gasteiger partial charge in [0.15, 0.2) is 5.96 Å². The van der Waals surface area contributed by atoms with E-state index in [0.717, 1.165) is 71.1 Å². The van der Waals surface area contributed by atoms with Gasteiger partial charge in [-0.3, -0.25) is 9.79 Å². The van der Waals surface area contributed by atoms with Gasteiger partial charge < -0.3 is 19.9 Å². The van der Waals surface area contributed by atoms with Gasteiger partial charge in [-0.2, -0.15) is 0 Å². The standard InChI is InChI=1S/C20H30N4O2/c1-2-21-20(22-11-10-17-7-4-3-5-8-17)24-14-12-23(13-15-24)19(25)18-9-6-16-26-18/h3-5,7-8,18H,2,6,9-16H2,1H3,(H,21,22). The van der Waals surface area contributed by atoms with Crippen molar-refractivity contribution in [3.63, 3.8) is 0 Å². The SMILES string of the molecule is CCNC(=NCCc1ccccc1)N1CCN(C(=O)C2CCCO2)CC1. The van der Waals surface area contributed by atoms with Crippen LogP contribution in [-0.2, 0) is 16.0 Å². The topological polar surface area (TPSA) is 57.2 Å². The largest absolute Gasteiger partial charge is 0.368 e. The highest BCUT2D eigenvalue weighted by Crippen LogP contribution is 2.16. The molecule has 1 atom stereocenters. The molecule has 1 aromatic rings. The van der Waals surface area contributed by atoms with E-state index in [0.29, 0.717) is 0 Å². The number of rotatable bonds is 5. The van der Waals surface area contributed by atoms with Crippen molar-refractivity contribution in [3.05, 3.63) is 35.9 Å². The van der Waals surface area contributed by atoms with Crippen LogP contribution in [0.4, 0.5) is 0 Å². The molecule has 0 aromatic heterocycles. The summed E-state index contributed by atoms with van der Waals surface area (Å²) in [5.74, 6) is 1.11. The second-order valence-corrected chi connectivity index (χ2v) is 6.79. The van der Waals surface area contributed by atoms with Crippen molar-refractivity contribution in [3.8, 4) is 0 Å². The number of guanidine groups is 1. The van der Waals surface area contributed by atoms with Gasteiger partial charge in [0, 0.05) is 45.9 Å². The van der Waals surface area contributed by atoms with E-state index in [-0.39, 0.29) is 12.0 Å². The summed E-state index contributed by atoms with van der Waals surface area (Å²) in [4.78, 5) is 21.5. The van der Waals surface area contributed by atoms with Gasteiger partial charge in [-0.25, -0.2) is 0 Å². The molecular weight excluding hydrogens is 328 g/mol. The second kappa shape index (κ2) is 9.57. The van der Waals surface area contributed by atoms with Crippen LogP contribution in [0, 0.1) is 0 Å². The van der Waals surface area contributed by atoms with Crippen LogP contribution in [0.1, 0.15) is 25.3 Å². The Balaban J connectivity index is 1.50. The van der Waals surface area contributed by atoms with E-state index in [4.69, 9.17) is 9.73 Å². The summed E-state index contributed by atoms with van der Waals surface area (Å²) in [6, 6.07) is 10.4. The smallest absolute Gasteiger partial charge is 0.251 e. The molecule has 6 heteroatoms. The summed E-state index contributed by atoms with van der Waals surface area (Å²) in [6.45, 7) is 7.52. The van der Waals surface area contributed by atoms with E-state index < -0.39 is 0 Å².